The molecule has 0 aromatic heterocycles. The van der Waals surface area contributed by atoms with Gasteiger partial charge in [-0.15, -0.1) is 0 Å². The molecule has 2 N–H and O–H groups in total. The molecule has 1 aliphatic carbocycles. The quantitative estimate of drug-likeness (QED) is 0.559. The maximum atomic E-state index is 11.6. The van der Waals surface area contributed by atoms with E-state index in [9.17, 15) is 14.7 Å². The molecule has 104 valence electrons. The normalized spacial score (nSPS) is 30.5. The van der Waals surface area contributed by atoms with Crippen LogP contribution in [0.4, 0.5) is 0 Å². The molecule has 0 spiro atoms. The lowest BCUT2D eigenvalue weighted by molar-refractivity contribution is -0.140. The van der Waals surface area contributed by atoms with Crippen molar-refractivity contribution in [1.82, 2.24) is 0 Å². The highest BCUT2D eigenvalue weighted by atomic mass is 16.4. The zero-order valence-electron chi connectivity index (χ0n) is 11.8. The number of aliphatic carboxylic acids is 1. The fraction of sp³-hybridized carbons (Fsp3) is 0.600. The zero-order valence-corrected chi connectivity index (χ0v) is 11.8. The summed E-state index contributed by atoms with van der Waals surface area (Å²) in [6.07, 6.45) is 1.59. The van der Waals surface area contributed by atoms with Crippen LogP contribution in [0.2, 0.25) is 0 Å². The first-order chi connectivity index (χ1) is 8.58. The van der Waals surface area contributed by atoms with Crippen molar-refractivity contribution < 1.29 is 19.8 Å². The van der Waals surface area contributed by atoms with Crippen LogP contribution in [-0.4, -0.2) is 27.6 Å². The van der Waals surface area contributed by atoms with E-state index in [-0.39, 0.29) is 18.1 Å². The molecule has 19 heavy (non-hydrogen) atoms. The summed E-state index contributed by atoms with van der Waals surface area (Å²) in [6, 6.07) is 0. The van der Waals surface area contributed by atoms with E-state index in [1.54, 1.807) is 13.8 Å². The molecule has 2 atom stereocenters. The molecule has 0 amide bonds. The fourth-order valence-corrected chi connectivity index (χ4v) is 2.56. The molecular weight excluding hydrogens is 244 g/mol. The third-order valence-electron chi connectivity index (χ3n) is 3.71. The lowest BCUT2D eigenvalue weighted by atomic mass is 9.60. The van der Waals surface area contributed by atoms with E-state index >= 15 is 0 Å². The average molecular weight is 264 g/mol. The number of rotatable bonds is 1. The van der Waals surface area contributed by atoms with Gasteiger partial charge in [0.2, 0.25) is 0 Å². The zero-order chi connectivity index (χ0) is 14.8. The molecule has 1 unspecified atom stereocenters. The van der Waals surface area contributed by atoms with E-state index in [1.807, 2.05) is 13.8 Å². The van der Waals surface area contributed by atoms with Gasteiger partial charge in [-0.3, -0.25) is 4.79 Å². The first-order valence-corrected chi connectivity index (χ1v) is 6.27. The molecule has 0 aromatic carbocycles. The van der Waals surface area contributed by atoms with Gasteiger partial charge in [0.1, 0.15) is 11.4 Å². The third-order valence-corrected chi connectivity index (χ3v) is 3.71. The summed E-state index contributed by atoms with van der Waals surface area (Å²) in [5.74, 6) is 4.27. The lowest BCUT2D eigenvalue weighted by Crippen LogP contribution is -2.53. The molecule has 0 aromatic rings. The Hall–Kier alpha value is -1.60. The van der Waals surface area contributed by atoms with Gasteiger partial charge >= 0.3 is 5.97 Å². The van der Waals surface area contributed by atoms with Crippen LogP contribution in [-0.2, 0) is 9.59 Å². The highest BCUT2D eigenvalue weighted by Crippen LogP contribution is 2.45. The van der Waals surface area contributed by atoms with Crippen LogP contribution in [0.1, 0.15) is 40.5 Å². The van der Waals surface area contributed by atoms with Crippen molar-refractivity contribution in [3.63, 3.8) is 0 Å². The van der Waals surface area contributed by atoms with Crippen molar-refractivity contribution in [3.8, 4) is 11.8 Å². The summed E-state index contributed by atoms with van der Waals surface area (Å²) < 4.78 is 0. The molecule has 0 bridgehead atoms. The number of carboxylic acids is 1. The SMILES string of the molecule is C/C(C#C[C@@]1(O)C(C)CC(=O)CC1(C)C)=C/C(=O)O. The summed E-state index contributed by atoms with van der Waals surface area (Å²) >= 11 is 0. The van der Waals surface area contributed by atoms with Gasteiger partial charge in [-0.05, 0) is 6.92 Å². The monoisotopic (exact) mass is 264 g/mol. The van der Waals surface area contributed by atoms with Gasteiger partial charge in [0.15, 0.2) is 0 Å². The Balaban J connectivity index is 3.12. The standard InChI is InChI=1S/C15H20O4/c1-10(7-13(17)18)5-6-15(19)11(2)8-12(16)9-14(15,3)4/h7,11,19H,8-9H2,1-4H3,(H,17,18)/b10-7-/t11?,15-/m1/s1. The van der Waals surface area contributed by atoms with Gasteiger partial charge in [0.05, 0.1) is 0 Å². The molecule has 4 heteroatoms. The number of carbonyl (C=O) groups excluding carboxylic acids is 1. The van der Waals surface area contributed by atoms with Crippen molar-refractivity contribution in [1.29, 1.82) is 0 Å². The van der Waals surface area contributed by atoms with Crippen LogP contribution in [0.15, 0.2) is 11.6 Å². The van der Waals surface area contributed by atoms with Gasteiger partial charge in [0, 0.05) is 35.8 Å². The smallest absolute Gasteiger partial charge is 0.329 e. The van der Waals surface area contributed by atoms with Crippen LogP contribution < -0.4 is 0 Å². The largest absolute Gasteiger partial charge is 0.478 e. The summed E-state index contributed by atoms with van der Waals surface area (Å²) in [5.41, 5.74) is -1.55. The van der Waals surface area contributed by atoms with E-state index in [4.69, 9.17) is 5.11 Å². The number of aliphatic hydroxyl groups is 1. The molecule has 1 fully saturated rings. The van der Waals surface area contributed by atoms with E-state index in [0.717, 1.165) is 6.08 Å². The van der Waals surface area contributed by atoms with E-state index in [1.165, 1.54) is 0 Å². The highest BCUT2D eigenvalue weighted by molar-refractivity contribution is 5.82. The maximum absolute atomic E-state index is 11.6. The number of hydrogen-bond donors (Lipinski definition) is 2. The summed E-state index contributed by atoms with van der Waals surface area (Å²) in [5, 5.41) is 19.4. The predicted octanol–water partition coefficient (Wildman–Crippen LogP) is 1.78. The Morgan fingerprint density at radius 3 is 2.53 bits per heavy atom. The summed E-state index contributed by atoms with van der Waals surface area (Å²) in [7, 11) is 0. The van der Waals surface area contributed by atoms with Gasteiger partial charge in [-0.1, -0.05) is 32.6 Å². The molecular formula is C15H20O4. The van der Waals surface area contributed by atoms with Crippen molar-refractivity contribution in [2.75, 3.05) is 0 Å². The minimum atomic E-state index is -1.28. The summed E-state index contributed by atoms with van der Waals surface area (Å²) in [4.78, 5) is 22.1. The highest BCUT2D eigenvalue weighted by Gasteiger charge is 2.51. The van der Waals surface area contributed by atoms with Crippen LogP contribution in [0, 0.1) is 23.2 Å². The number of allylic oxidation sites excluding steroid dienone is 1. The number of ketones is 1. The Morgan fingerprint density at radius 1 is 1.47 bits per heavy atom. The molecule has 1 aliphatic rings. The number of Topliss-reactive ketones (excluding diaryl/α,β-unsaturated/α-hetero) is 1. The van der Waals surface area contributed by atoms with Crippen molar-refractivity contribution in [2.24, 2.45) is 11.3 Å². The van der Waals surface area contributed by atoms with Crippen LogP contribution in [0.5, 0.6) is 0 Å². The molecule has 0 aliphatic heterocycles. The summed E-state index contributed by atoms with van der Waals surface area (Å²) in [6.45, 7) is 7.00. The molecule has 1 saturated carbocycles. The van der Waals surface area contributed by atoms with Gasteiger partial charge in [0.25, 0.3) is 0 Å². The second-order valence-electron chi connectivity index (χ2n) is 5.89. The minimum absolute atomic E-state index is 0.127. The first-order valence-electron chi connectivity index (χ1n) is 6.27. The first kappa shape index (κ1) is 15.5. The number of carbonyl (C=O) groups is 2. The maximum Gasteiger partial charge on any atom is 0.329 e. The minimum Gasteiger partial charge on any atom is -0.478 e. The molecule has 1 rings (SSSR count). The van der Waals surface area contributed by atoms with Gasteiger partial charge in [-0.25, -0.2) is 4.79 Å². The predicted molar refractivity (Wildman–Crippen MR) is 71.3 cm³/mol. The Morgan fingerprint density at radius 2 is 2.05 bits per heavy atom. The van der Waals surface area contributed by atoms with Crippen LogP contribution >= 0.6 is 0 Å². The average Bonchev–Trinajstić information content (AvgIpc) is 2.21. The lowest BCUT2D eigenvalue weighted by Gasteiger charge is -2.46. The Labute approximate surface area is 113 Å². The van der Waals surface area contributed by atoms with Gasteiger partial charge < -0.3 is 10.2 Å². The molecule has 0 saturated heterocycles. The fourth-order valence-electron chi connectivity index (χ4n) is 2.56. The second kappa shape index (κ2) is 5.18. The number of hydrogen-bond acceptors (Lipinski definition) is 3. The topological polar surface area (TPSA) is 74.6 Å². The Kier molecular flexibility index (Phi) is 4.21. The van der Waals surface area contributed by atoms with E-state index in [0.29, 0.717) is 12.0 Å². The van der Waals surface area contributed by atoms with Crippen molar-refractivity contribution in [2.45, 2.75) is 46.1 Å². The van der Waals surface area contributed by atoms with E-state index in [2.05, 4.69) is 11.8 Å². The van der Waals surface area contributed by atoms with Crippen molar-refractivity contribution >= 4 is 11.8 Å². The van der Waals surface area contributed by atoms with Gasteiger partial charge in [-0.2, -0.15) is 0 Å². The van der Waals surface area contributed by atoms with Crippen LogP contribution in [0.3, 0.4) is 0 Å². The van der Waals surface area contributed by atoms with E-state index < -0.39 is 17.0 Å². The Bertz CT molecular complexity index is 490. The number of carboxylic acid groups (broad SMARTS) is 1. The third kappa shape index (κ3) is 3.24. The molecule has 0 heterocycles. The van der Waals surface area contributed by atoms with Crippen molar-refractivity contribution in [3.05, 3.63) is 11.6 Å². The second-order valence-corrected chi connectivity index (χ2v) is 5.89. The van der Waals surface area contributed by atoms with Crippen LogP contribution in [0.25, 0.3) is 0 Å². The molecule has 4 nitrogen and oxygen atoms in total. The molecule has 0 radical (unpaired) electrons.